The fourth-order valence-corrected chi connectivity index (χ4v) is 3.09. The summed E-state index contributed by atoms with van der Waals surface area (Å²) in [7, 11) is 0. The van der Waals surface area contributed by atoms with E-state index in [1.807, 2.05) is 0 Å². The number of hydrogen-bond donors (Lipinski definition) is 1. The topological polar surface area (TPSA) is 63.6 Å². The van der Waals surface area contributed by atoms with E-state index in [0.717, 1.165) is 57.8 Å². The SMILES string of the molecule is CCCCCC[C@@H](O)CC=CCCCCCCCC(=O)OCCCCC(C)=O. The summed E-state index contributed by atoms with van der Waals surface area (Å²) < 4.78 is 5.17. The molecule has 0 amide bonds. The average Bonchev–Trinajstić information content (AvgIpc) is 2.66. The molecule has 164 valence electrons. The number of allylic oxidation sites excluding steroid dienone is 1. The molecule has 0 aromatic heterocycles. The van der Waals surface area contributed by atoms with Crippen LogP contribution in [0.15, 0.2) is 12.2 Å². The molecule has 0 aromatic carbocycles. The van der Waals surface area contributed by atoms with Crippen molar-refractivity contribution in [2.45, 2.75) is 123 Å². The lowest BCUT2D eigenvalue weighted by molar-refractivity contribution is -0.143. The maximum atomic E-state index is 11.6. The number of aliphatic hydroxyl groups is 1. The molecule has 0 aromatic rings. The van der Waals surface area contributed by atoms with Gasteiger partial charge in [-0.2, -0.15) is 0 Å². The number of Topliss-reactive ketones (excluding diaryl/α,β-unsaturated/α-hetero) is 1. The van der Waals surface area contributed by atoms with Crippen molar-refractivity contribution in [2.75, 3.05) is 6.61 Å². The van der Waals surface area contributed by atoms with Gasteiger partial charge in [-0.1, -0.05) is 64.0 Å². The molecule has 0 bridgehead atoms. The monoisotopic (exact) mass is 396 g/mol. The van der Waals surface area contributed by atoms with Crippen LogP contribution in [0.2, 0.25) is 0 Å². The minimum atomic E-state index is -0.179. The molecule has 28 heavy (non-hydrogen) atoms. The Morgan fingerprint density at radius 1 is 0.857 bits per heavy atom. The van der Waals surface area contributed by atoms with E-state index in [0.29, 0.717) is 19.4 Å². The van der Waals surface area contributed by atoms with E-state index in [1.54, 1.807) is 6.92 Å². The summed E-state index contributed by atoms with van der Waals surface area (Å²) in [5.74, 6) is 0.0798. The third kappa shape index (κ3) is 21.1. The third-order valence-electron chi connectivity index (χ3n) is 4.90. The third-order valence-corrected chi connectivity index (χ3v) is 4.90. The first-order valence-electron chi connectivity index (χ1n) is 11.5. The van der Waals surface area contributed by atoms with Gasteiger partial charge in [-0.15, -0.1) is 0 Å². The van der Waals surface area contributed by atoms with Crippen LogP contribution in [-0.2, 0) is 14.3 Å². The largest absolute Gasteiger partial charge is 0.466 e. The lowest BCUT2D eigenvalue weighted by atomic mass is 10.1. The molecule has 0 saturated heterocycles. The van der Waals surface area contributed by atoms with E-state index in [1.165, 1.54) is 32.1 Å². The van der Waals surface area contributed by atoms with Gasteiger partial charge in [0.2, 0.25) is 0 Å². The first-order chi connectivity index (χ1) is 13.6. The summed E-state index contributed by atoms with van der Waals surface area (Å²) >= 11 is 0. The number of ether oxygens (including phenoxy) is 1. The van der Waals surface area contributed by atoms with Crippen LogP contribution in [0.25, 0.3) is 0 Å². The van der Waals surface area contributed by atoms with Crippen molar-refractivity contribution in [2.24, 2.45) is 0 Å². The highest BCUT2D eigenvalue weighted by molar-refractivity contribution is 5.75. The molecular weight excluding hydrogens is 352 g/mol. The number of hydrogen-bond acceptors (Lipinski definition) is 4. The van der Waals surface area contributed by atoms with Gasteiger partial charge in [0, 0.05) is 12.8 Å². The van der Waals surface area contributed by atoms with Gasteiger partial charge in [0.25, 0.3) is 0 Å². The lowest BCUT2D eigenvalue weighted by Crippen LogP contribution is -2.06. The van der Waals surface area contributed by atoms with Crippen molar-refractivity contribution in [3.05, 3.63) is 12.2 Å². The summed E-state index contributed by atoms with van der Waals surface area (Å²) in [5, 5.41) is 9.89. The number of carbonyl (C=O) groups is 2. The van der Waals surface area contributed by atoms with E-state index >= 15 is 0 Å². The molecule has 0 rings (SSSR count). The Morgan fingerprint density at radius 3 is 2.29 bits per heavy atom. The normalized spacial score (nSPS) is 12.4. The first-order valence-corrected chi connectivity index (χ1v) is 11.5. The fourth-order valence-electron chi connectivity index (χ4n) is 3.09. The van der Waals surface area contributed by atoms with Gasteiger partial charge in [0.05, 0.1) is 12.7 Å². The Bertz CT molecular complexity index is 403. The molecule has 1 atom stereocenters. The zero-order chi connectivity index (χ0) is 20.9. The minimum absolute atomic E-state index is 0.112. The maximum absolute atomic E-state index is 11.6. The maximum Gasteiger partial charge on any atom is 0.305 e. The number of carbonyl (C=O) groups excluding carboxylic acids is 2. The van der Waals surface area contributed by atoms with Crippen LogP contribution in [0.5, 0.6) is 0 Å². The second-order valence-corrected chi connectivity index (χ2v) is 7.90. The van der Waals surface area contributed by atoms with E-state index in [2.05, 4.69) is 19.1 Å². The summed E-state index contributed by atoms with van der Waals surface area (Å²) in [5.41, 5.74) is 0. The zero-order valence-corrected chi connectivity index (χ0v) is 18.4. The molecule has 0 aliphatic heterocycles. The van der Waals surface area contributed by atoms with Gasteiger partial charge < -0.3 is 14.6 Å². The lowest BCUT2D eigenvalue weighted by Gasteiger charge is -2.07. The van der Waals surface area contributed by atoms with Crippen LogP contribution in [-0.4, -0.2) is 29.6 Å². The Hall–Kier alpha value is -1.16. The smallest absolute Gasteiger partial charge is 0.305 e. The zero-order valence-electron chi connectivity index (χ0n) is 18.4. The van der Waals surface area contributed by atoms with E-state index in [9.17, 15) is 14.7 Å². The quantitative estimate of drug-likeness (QED) is 0.149. The fraction of sp³-hybridized carbons (Fsp3) is 0.833. The minimum Gasteiger partial charge on any atom is -0.466 e. The highest BCUT2D eigenvalue weighted by Gasteiger charge is 2.03. The standard InChI is InChI=1S/C24H44O4/c1-3-4-5-12-18-23(26)19-13-10-8-6-7-9-11-14-20-24(27)28-21-16-15-17-22(2)25/h10,13,23,26H,3-9,11-12,14-21H2,1-2H3/t23-/m1/s1. The molecule has 4 nitrogen and oxygen atoms in total. The van der Waals surface area contributed by atoms with E-state index in [4.69, 9.17) is 4.74 Å². The Kier molecular flexibility index (Phi) is 19.7. The van der Waals surface area contributed by atoms with Crippen LogP contribution in [0.3, 0.4) is 0 Å². The predicted molar refractivity (Wildman–Crippen MR) is 116 cm³/mol. The second-order valence-electron chi connectivity index (χ2n) is 7.90. The molecule has 0 radical (unpaired) electrons. The highest BCUT2D eigenvalue weighted by atomic mass is 16.5. The molecule has 0 unspecified atom stereocenters. The number of unbranched alkanes of at least 4 members (excludes halogenated alkanes) is 9. The summed E-state index contributed by atoms with van der Waals surface area (Å²) in [4.78, 5) is 22.4. The molecule has 0 saturated carbocycles. The highest BCUT2D eigenvalue weighted by Crippen LogP contribution is 2.11. The van der Waals surface area contributed by atoms with E-state index < -0.39 is 0 Å². The van der Waals surface area contributed by atoms with E-state index in [-0.39, 0.29) is 17.9 Å². The number of aliphatic hydroxyl groups excluding tert-OH is 1. The van der Waals surface area contributed by atoms with Crippen molar-refractivity contribution in [1.29, 1.82) is 0 Å². The van der Waals surface area contributed by atoms with Gasteiger partial charge in [-0.05, 0) is 51.9 Å². The van der Waals surface area contributed by atoms with Crippen molar-refractivity contribution in [3.63, 3.8) is 0 Å². The van der Waals surface area contributed by atoms with Gasteiger partial charge in [-0.25, -0.2) is 0 Å². The van der Waals surface area contributed by atoms with Crippen molar-refractivity contribution in [1.82, 2.24) is 0 Å². The van der Waals surface area contributed by atoms with Gasteiger partial charge in [0.1, 0.15) is 5.78 Å². The molecule has 0 heterocycles. The summed E-state index contributed by atoms with van der Waals surface area (Å²) in [6, 6.07) is 0. The summed E-state index contributed by atoms with van der Waals surface area (Å²) in [6.07, 6.45) is 19.9. The molecular formula is C24H44O4. The Balaban J connectivity index is 3.33. The van der Waals surface area contributed by atoms with Gasteiger partial charge >= 0.3 is 5.97 Å². The van der Waals surface area contributed by atoms with Gasteiger partial charge in [-0.3, -0.25) is 4.79 Å². The second kappa shape index (κ2) is 20.6. The average molecular weight is 397 g/mol. The summed E-state index contributed by atoms with van der Waals surface area (Å²) in [6.45, 7) is 4.23. The van der Waals surface area contributed by atoms with Crippen molar-refractivity contribution >= 4 is 11.8 Å². The van der Waals surface area contributed by atoms with Crippen LogP contribution in [0, 0.1) is 0 Å². The van der Waals surface area contributed by atoms with Crippen molar-refractivity contribution in [3.8, 4) is 0 Å². The van der Waals surface area contributed by atoms with Gasteiger partial charge in [0.15, 0.2) is 0 Å². The Labute approximate surface area is 173 Å². The molecule has 0 aliphatic carbocycles. The predicted octanol–water partition coefficient (Wildman–Crippen LogP) is 6.30. The molecule has 4 heteroatoms. The van der Waals surface area contributed by atoms with Crippen LogP contribution >= 0.6 is 0 Å². The first kappa shape index (κ1) is 26.8. The van der Waals surface area contributed by atoms with Crippen LogP contribution in [0.4, 0.5) is 0 Å². The van der Waals surface area contributed by atoms with Crippen LogP contribution in [0.1, 0.15) is 117 Å². The van der Waals surface area contributed by atoms with Crippen LogP contribution < -0.4 is 0 Å². The number of rotatable bonds is 20. The Morgan fingerprint density at radius 2 is 1.54 bits per heavy atom. The van der Waals surface area contributed by atoms with Crippen molar-refractivity contribution < 1.29 is 19.4 Å². The molecule has 0 aliphatic rings. The molecule has 0 spiro atoms. The molecule has 0 fully saturated rings. The number of ketones is 1. The number of esters is 1. The molecule has 1 N–H and O–H groups in total.